The molecule has 0 spiro atoms. The molecule has 80 heavy (non-hydrogen) atoms. The number of hydrogen-bond acceptors (Lipinski definition) is 12. The molecule has 0 saturated carbocycles. The molecule has 0 amide bonds. The van der Waals surface area contributed by atoms with Crippen LogP contribution in [0.1, 0.15) is 93.4 Å². The molecule has 0 bridgehead atoms. The summed E-state index contributed by atoms with van der Waals surface area (Å²) in [5, 5.41) is 9.53. The highest BCUT2D eigenvalue weighted by atomic mass is 16.5. The number of benzene rings is 6. The first-order chi connectivity index (χ1) is 39.5. The van der Waals surface area contributed by atoms with Gasteiger partial charge in [0.05, 0.1) is 59.5 Å². The summed E-state index contributed by atoms with van der Waals surface area (Å²) in [5.41, 5.74) is 15.0. The van der Waals surface area contributed by atoms with Crippen LogP contribution >= 0.6 is 0 Å². The minimum atomic E-state index is -0.386. The Labute approximate surface area is 474 Å². The van der Waals surface area contributed by atoms with Gasteiger partial charge in [-0.1, -0.05) is 124 Å². The Balaban J connectivity index is 1.12. The van der Waals surface area contributed by atoms with Crippen LogP contribution in [0.5, 0.6) is 5.75 Å². The van der Waals surface area contributed by atoms with Crippen molar-refractivity contribution in [3.05, 3.63) is 150 Å². The number of ether oxygens (including phenoxy) is 9. The number of rotatable bonds is 36. The van der Waals surface area contributed by atoms with Gasteiger partial charge in [0.2, 0.25) is 11.8 Å². The van der Waals surface area contributed by atoms with Gasteiger partial charge in [-0.2, -0.15) is 0 Å². The Hall–Kier alpha value is -6.06. The molecule has 12 nitrogen and oxygen atoms in total. The SMILES string of the molecule is CCCCCCCCOc1ccc(-c2nnc(-c3cc(-c4ccc5c(c4)C(CCOCCOC)(CCOCCOC)c4ccccc4-5)ccc3-c3ccc4c(c3)C(CCOCCOC)(CCOCCOC)c3ccccc3-4)o2)cc1. The zero-order valence-corrected chi connectivity index (χ0v) is 47.9. The van der Waals surface area contributed by atoms with Gasteiger partial charge in [0.15, 0.2) is 0 Å². The van der Waals surface area contributed by atoms with Crippen molar-refractivity contribution < 1.29 is 47.0 Å². The molecular formula is C68H82N2O10. The van der Waals surface area contributed by atoms with E-state index in [4.69, 9.17) is 57.2 Å². The van der Waals surface area contributed by atoms with E-state index < -0.39 is 0 Å². The van der Waals surface area contributed by atoms with Gasteiger partial charge in [-0.3, -0.25) is 0 Å². The highest BCUT2D eigenvalue weighted by Gasteiger charge is 2.44. The predicted octanol–water partition coefficient (Wildman–Crippen LogP) is 14.2. The number of methoxy groups -OCH3 is 4. The molecule has 0 radical (unpaired) electrons. The second-order valence-corrected chi connectivity index (χ2v) is 21.0. The number of unbranched alkanes of at least 4 members (excludes halogenated alkanes) is 5. The van der Waals surface area contributed by atoms with E-state index in [1.807, 2.05) is 24.3 Å². The van der Waals surface area contributed by atoms with Crippen LogP contribution in [-0.4, -0.2) is 125 Å². The van der Waals surface area contributed by atoms with E-state index in [1.54, 1.807) is 28.4 Å². The summed E-state index contributed by atoms with van der Waals surface area (Å²) < 4.78 is 59.3. The molecule has 1 aromatic heterocycles. The molecule has 7 aromatic rings. The van der Waals surface area contributed by atoms with Crippen LogP contribution in [0, 0.1) is 0 Å². The van der Waals surface area contributed by atoms with Gasteiger partial charge in [0.1, 0.15) is 5.75 Å². The fourth-order valence-electron chi connectivity index (χ4n) is 11.9. The molecule has 0 fully saturated rings. The van der Waals surface area contributed by atoms with Crippen LogP contribution in [0.3, 0.4) is 0 Å². The molecule has 2 aliphatic rings. The standard InChI is InChI=1S/C68H82N2O10/c1-6-7-8-9-10-15-34-79-54-25-20-50(21-26-54)65-69-70-66(80-65)60-47-51(52-23-28-58-56-16-11-13-18-61(56)67(63(58)48-52,30-35-75-43-39-71-2)31-36-76-44-40-72-3)22-27-55(60)53-24-29-59-57-17-12-14-19-62(57)68(64(59)49-53,32-37-77-45-41-73-4)33-38-78-46-42-74-5/h11-14,16-29,47-49H,6-10,15,30-46H2,1-5H3. The topological polar surface area (TPSA) is 122 Å². The summed E-state index contributed by atoms with van der Waals surface area (Å²) in [6.45, 7) is 9.46. The molecule has 1 heterocycles. The van der Waals surface area contributed by atoms with Crippen molar-refractivity contribution in [1.82, 2.24) is 10.2 Å². The molecule has 6 aromatic carbocycles. The first kappa shape index (κ1) is 58.6. The highest BCUT2D eigenvalue weighted by Crippen LogP contribution is 2.56. The average Bonchev–Trinajstić information content (AvgIpc) is 4.39. The molecule has 2 aliphatic carbocycles. The Morgan fingerprint density at radius 1 is 0.350 bits per heavy atom. The van der Waals surface area contributed by atoms with Gasteiger partial charge in [-0.15, -0.1) is 10.2 Å². The maximum atomic E-state index is 6.78. The summed E-state index contributed by atoms with van der Waals surface area (Å²) in [6.07, 6.45) is 10.4. The lowest BCUT2D eigenvalue weighted by Crippen LogP contribution is -2.29. The van der Waals surface area contributed by atoms with Crippen LogP contribution in [0.4, 0.5) is 0 Å². The largest absolute Gasteiger partial charge is 0.494 e. The Morgan fingerprint density at radius 2 is 0.775 bits per heavy atom. The Morgan fingerprint density at radius 3 is 1.30 bits per heavy atom. The highest BCUT2D eigenvalue weighted by molar-refractivity contribution is 5.90. The number of hydrogen-bond donors (Lipinski definition) is 0. The second kappa shape index (κ2) is 29.6. The van der Waals surface area contributed by atoms with E-state index >= 15 is 0 Å². The van der Waals surface area contributed by atoms with Gasteiger partial charge in [-0.25, -0.2) is 0 Å². The fraction of sp³-hybridized carbons (Fsp3) is 0.441. The molecule has 12 heteroatoms. The van der Waals surface area contributed by atoms with Crippen molar-refractivity contribution in [2.45, 2.75) is 82.0 Å². The Bertz CT molecular complexity index is 3000. The van der Waals surface area contributed by atoms with Crippen molar-refractivity contribution in [3.63, 3.8) is 0 Å². The molecule has 424 valence electrons. The summed E-state index contributed by atoms with van der Waals surface area (Å²) >= 11 is 0. The molecule has 0 saturated heterocycles. The maximum Gasteiger partial charge on any atom is 0.248 e. The number of nitrogens with zero attached hydrogens (tertiary/aromatic N) is 2. The summed E-state index contributed by atoms with van der Waals surface area (Å²) in [6, 6.07) is 46.1. The van der Waals surface area contributed by atoms with Gasteiger partial charge < -0.3 is 47.0 Å². The van der Waals surface area contributed by atoms with Crippen molar-refractivity contribution in [2.24, 2.45) is 0 Å². The summed E-state index contributed by atoms with van der Waals surface area (Å²) in [5.74, 6) is 1.69. The molecule has 0 atom stereocenters. The predicted molar refractivity (Wildman–Crippen MR) is 317 cm³/mol. The lowest BCUT2D eigenvalue weighted by atomic mass is 9.72. The summed E-state index contributed by atoms with van der Waals surface area (Å²) in [7, 11) is 6.82. The molecule has 9 rings (SSSR count). The quantitative estimate of drug-likeness (QED) is 0.0348. The number of aromatic nitrogens is 2. The normalized spacial score (nSPS) is 13.6. The third-order valence-corrected chi connectivity index (χ3v) is 16.1. The summed E-state index contributed by atoms with van der Waals surface area (Å²) in [4.78, 5) is 0. The van der Waals surface area contributed by atoms with Crippen molar-refractivity contribution >= 4 is 0 Å². The van der Waals surface area contributed by atoms with Crippen LogP contribution in [0.15, 0.2) is 132 Å². The van der Waals surface area contributed by atoms with E-state index in [1.165, 1.54) is 76.6 Å². The first-order valence-corrected chi connectivity index (χ1v) is 29.0. The lowest BCUT2D eigenvalue weighted by Gasteiger charge is -2.33. The van der Waals surface area contributed by atoms with Gasteiger partial charge in [0.25, 0.3) is 0 Å². The zero-order chi connectivity index (χ0) is 55.4. The van der Waals surface area contributed by atoms with E-state index in [-0.39, 0.29) is 10.8 Å². The first-order valence-electron chi connectivity index (χ1n) is 29.0. The zero-order valence-electron chi connectivity index (χ0n) is 47.9. The van der Waals surface area contributed by atoms with Gasteiger partial charge in [0, 0.05) is 76.8 Å². The minimum absolute atomic E-state index is 0.362. The van der Waals surface area contributed by atoms with Crippen molar-refractivity contribution in [3.8, 4) is 73.2 Å². The van der Waals surface area contributed by atoms with E-state index in [9.17, 15) is 0 Å². The minimum Gasteiger partial charge on any atom is -0.494 e. The Kier molecular flexibility index (Phi) is 21.7. The third kappa shape index (κ3) is 13.6. The lowest BCUT2D eigenvalue weighted by molar-refractivity contribution is 0.0490. The average molecular weight is 1090 g/mol. The number of fused-ring (bicyclic) bond motifs is 6. The van der Waals surface area contributed by atoms with Crippen molar-refractivity contribution in [1.29, 1.82) is 0 Å². The van der Waals surface area contributed by atoms with Crippen LogP contribution in [0.25, 0.3) is 67.4 Å². The van der Waals surface area contributed by atoms with Crippen molar-refractivity contribution in [2.75, 3.05) is 114 Å². The van der Waals surface area contributed by atoms with Gasteiger partial charge in [-0.05, 0) is 141 Å². The second-order valence-electron chi connectivity index (χ2n) is 21.0. The van der Waals surface area contributed by atoms with Crippen LogP contribution in [-0.2, 0) is 48.7 Å². The van der Waals surface area contributed by atoms with Gasteiger partial charge >= 0.3 is 0 Å². The van der Waals surface area contributed by atoms with E-state index in [2.05, 4.69) is 110 Å². The van der Waals surface area contributed by atoms with Crippen LogP contribution in [0.2, 0.25) is 0 Å². The fourth-order valence-corrected chi connectivity index (χ4v) is 11.9. The molecule has 0 aliphatic heterocycles. The van der Waals surface area contributed by atoms with E-state index in [0.29, 0.717) is 97.7 Å². The maximum absolute atomic E-state index is 6.78. The van der Waals surface area contributed by atoms with Crippen LogP contribution < -0.4 is 4.74 Å². The smallest absolute Gasteiger partial charge is 0.248 e. The molecule has 0 N–H and O–H groups in total. The molecule has 0 unspecified atom stereocenters. The molecular weight excluding hydrogens is 1000 g/mol. The third-order valence-electron chi connectivity index (χ3n) is 16.1. The monoisotopic (exact) mass is 1090 g/mol. The van der Waals surface area contributed by atoms with E-state index in [0.717, 1.165) is 71.2 Å².